The predicted molar refractivity (Wildman–Crippen MR) is 160 cm³/mol. The predicted octanol–water partition coefficient (Wildman–Crippen LogP) is 6.22. The highest BCUT2D eigenvalue weighted by atomic mass is 32.2. The maximum Gasteiger partial charge on any atom is 0.272 e. The van der Waals surface area contributed by atoms with Crippen molar-refractivity contribution in [2.24, 2.45) is 0 Å². The molecule has 0 saturated heterocycles. The van der Waals surface area contributed by atoms with Crippen LogP contribution in [0.5, 0.6) is 5.75 Å². The fourth-order valence-electron chi connectivity index (χ4n) is 3.68. The molecule has 0 aromatic heterocycles. The number of thioether (sulfide) groups is 1. The molecule has 3 amide bonds. The third-order valence-corrected chi connectivity index (χ3v) is 6.88. The van der Waals surface area contributed by atoms with E-state index in [1.54, 1.807) is 67.8 Å². The second-order valence-corrected chi connectivity index (χ2v) is 10.2. The Labute approximate surface area is 237 Å². The van der Waals surface area contributed by atoms with Crippen molar-refractivity contribution < 1.29 is 19.1 Å². The highest BCUT2D eigenvalue weighted by Gasteiger charge is 2.17. The molecule has 0 radical (unpaired) electrons. The normalized spacial score (nSPS) is 11.7. The minimum absolute atomic E-state index is 0.0757. The highest BCUT2D eigenvalue weighted by molar-refractivity contribution is 8.00. The van der Waals surface area contributed by atoms with Gasteiger partial charge in [-0.3, -0.25) is 14.4 Å². The molecule has 0 saturated carbocycles. The lowest BCUT2D eigenvalue weighted by molar-refractivity contribution is -0.115. The van der Waals surface area contributed by atoms with Crippen molar-refractivity contribution >= 4 is 46.9 Å². The number of carbonyl (C=O) groups is 3. The quantitative estimate of drug-likeness (QED) is 0.161. The van der Waals surface area contributed by atoms with E-state index in [0.717, 1.165) is 10.6 Å². The summed E-state index contributed by atoms with van der Waals surface area (Å²) in [4.78, 5) is 39.6. The largest absolute Gasteiger partial charge is 0.497 e. The van der Waals surface area contributed by atoms with Crippen LogP contribution in [0.15, 0.2) is 120 Å². The molecule has 0 aliphatic rings. The Morgan fingerprint density at radius 1 is 0.775 bits per heavy atom. The van der Waals surface area contributed by atoms with Crippen molar-refractivity contribution in [1.29, 1.82) is 0 Å². The van der Waals surface area contributed by atoms with Crippen LogP contribution in [-0.4, -0.2) is 30.1 Å². The van der Waals surface area contributed by atoms with Crippen LogP contribution in [0.25, 0.3) is 6.08 Å². The lowest BCUT2D eigenvalue weighted by atomic mass is 10.1. The Hall–Kier alpha value is -4.82. The van der Waals surface area contributed by atoms with Gasteiger partial charge in [0.2, 0.25) is 5.91 Å². The van der Waals surface area contributed by atoms with E-state index in [1.807, 2.05) is 61.5 Å². The summed E-state index contributed by atoms with van der Waals surface area (Å²) in [5.41, 5.74) is 2.48. The molecular weight excluding hydrogens is 522 g/mol. The average Bonchev–Trinajstić information content (AvgIpc) is 2.98. The number of rotatable bonds is 10. The summed E-state index contributed by atoms with van der Waals surface area (Å²) >= 11 is 1.41. The van der Waals surface area contributed by atoms with E-state index in [0.29, 0.717) is 22.6 Å². The second-order valence-electron chi connectivity index (χ2n) is 8.75. The van der Waals surface area contributed by atoms with Crippen molar-refractivity contribution in [2.45, 2.75) is 17.1 Å². The molecule has 0 aliphatic heterocycles. The fraction of sp³-hybridized carbons (Fsp3) is 0.0938. The molecule has 1 unspecified atom stereocenters. The zero-order valence-electron chi connectivity index (χ0n) is 22.1. The Balaban J connectivity index is 1.45. The van der Waals surface area contributed by atoms with Gasteiger partial charge < -0.3 is 20.7 Å². The fourth-order valence-corrected chi connectivity index (χ4v) is 4.55. The van der Waals surface area contributed by atoms with Gasteiger partial charge in [-0.2, -0.15) is 0 Å². The summed E-state index contributed by atoms with van der Waals surface area (Å²) in [5.74, 6) is -0.361. The number of para-hydroxylation sites is 1. The number of ether oxygens (including phenoxy) is 1. The number of hydrogen-bond acceptors (Lipinski definition) is 5. The molecule has 1 atom stereocenters. The number of hydrogen-bond donors (Lipinski definition) is 3. The van der Waals surface area contributed by atoms with Crippen LogP contribution in [0.4, 0.5) is 11.4 Å². The van der Waals surface area contributed by atoms with Crippen LogP contribution in [0.3, 0.4) is 0 Å². The third-order valence-electron chi connectivity index (χ3n) is 5.77. The molecule has 4 aromatic rings. The molecule has 3 N–H and O–H groups in total. The van der Waals surface area contributed by atoms with Crippen LogP contribution in [-0.2, 0) is 9.59 Å². The van der Waals surface area contributed by atoms with Gasteiger partial charge in [0.15, 0.2) is 0 Å². The summed E-state index contributed by atoms with van der Waals surface area (Å²) in [6.45, 7) is 1.84. The van der Waals surface area contributed by atoms with Crippen LogP contribution in [0.2, 0.25) is 0 Å². The number of nitrogens with one attached hydrogen (secondary N) is 3. The van der Waals surface area contributed by atoms with E-state index in [1.165, 1.54) is 11.8 Å². The molecule has 0 bridgehead atoms. The first kappa shape index (κ1) is 28.2. The Morgan fingerprint density at radius 2 is 1.43 bits per heavy atom. The van der Waals surface area contributed by atoms with Gasteiger partial charge in [0, 0.05) is 21.8 Å². The first-order valence-electron chi connectivity index (χ1n) is 12.6. The van der Waals surface area contributed by atoms with E-state index in [2.05, 4.69) is 16.0 Å². The van der Waals surface area contributed by atoms with Gasteiger partial charge in [-0.1, -0.05) is 48.5 Å². The smallest absolute Gasteiger partial charge is 0.272 e. The van der Waals surface area contributed by atoms with Crippen molar-refractivity contribution in [3.05, 3.63) is 126 Å². The summed E-state index contributed by atoms with van der Waals surface area (Å²) < 4.78 is 5.28. The van der Waals surface area contributed by atoms with Crippen molar-refractivity contribution in [3.8, 4) is 5.75 Å². The molecule has 4 aromatic carbocycles. The number of amides is 3. The van der Waals surface area contributed by atoms with Gasteiger partial charge in [-0.15, -0.1) is 11.8 Å². The maximum absolute atomic E-state index is 13.3. The topological polar surface area (TPSA) is 96.5 Å². The van der Waals surface area contributed by atoms with Crippen LogP contribution >= 0.6 is 11.8 Å². The second kappa shape index (κ2) is 13.8. The molecule has 202 valence electrons. The Morgan fingerprint density at radius 3 is 2.10 bits per heavy atom. The van der Waals surface area contributed by atoms with E-state index >= 15 is 0 Å². The van der Waals surface area contributed by atoms with E-state index in [-0.39, 0.29) is 16.9 Å². The lowest BCUT2D eigenvalue weighted by Crippen LogP contribution is -2.30. The SMILES string of the molecule is COc1cccc(/C=C(\NC(=O)c2ccccc2)C(=O)Nc2ccc(SC(C)C(=O)Nc3ccccc3)cc2)c1. The zero-order chi connectivity index (χ0) is 28.3. The van der Waals surface area contributed by atoms with E-state index < -0.39 is 11.8 Å². The molecule has 0 aliphatic carbocycles. The van der Waals surface area contributed by atoms with Gasteiger partial charge in [0.05, 0.1) is 12.4 Å². The summed E-state index contributed by atoms with van der Waals surface area (Å²) in [6.07, 6.45) is 1.59. The summed E-state index contributed by atoms with van der Waals surface area (Å²) in [6, 6.07) is 32.3. The highest BCUT2D eigenvalue weighted by Crippen LogP contribution is 2.26. The van der Waals surface area contributed by atoms with Crippen LogP contribution in [0.1, 0.15) is 22.8 Å². The minimum Gasteiger partial charge on any atom is -0.497 e. The summed E-state index contributed by atoms with van der Waals surface area (Å²) in [7, 11) is 1.56. The molecular formula is C32H29N3O4S. The van der Waals surface area contributed by atoms with Gasteiger partial charge in [0.1, 0.15) is 11.4 Å². The van der Waals surface area contributed by atoms with Crippen LogP contribution < -0.4 is 20.7 Å². The minimum atomic E-state index is -0.483. The monoisotopic (exact) mass is 551 g/mol. The molecule has 4 rings (SSSR count). The van der Waals surface area contributed by atoms with Gasteiger partial charge in [0.25, 0.3) is 11.8 Å². The van der Waals surface area contributed by atoms with Gasteiger partial charge in [-0.25, -0.2) is 0 Å². The zero-order valence-corrected chi connectivity index (χ0v) is 22.9. The summed E-state index contributed by atoms with van der Waals surface area (Å²) in [5, 5.41) is 8.15. The first-order chi connectivity index (χ1) is 19.4. The molecule has 0 fully saturated rings. The number of carbonyl (C=O) groups excluding carboxylic acids is 3. The van der Waals surface area contributed by atoms with Crippen molar-refractivity contribution in [2.75, 3.05) is 17.7 Å². The molecule has 0 spiro atoms. The van der Waals surface area contributed by atoms with E-state index in [9.17, 15) is 14.4 Å². The molecule has 40 heavy (non-hydrogen) atoms. The van der Waals surface area contributed by atoms with Gasteiger partial charge >= 0.3 is 0 Å². The Kier molecular flexibility index (Phi) is 9.74. The molecule has 0 heterocycles. The average molecular weight is 552 g/mol. The van der Waals surface area contributed by atoms with Crippen molar-refractivity contribution in [1.82, 2.24) is 5.32 Å². The molecule has 7 nitrogen and oxygen atoms in total. The van der Waals surface area contributed by atoms with Crippen LogP contribution in [0, 0.1) is 0 Å². The molecule has 8 heteroatoms. The maximum atomic E-state index is 13.3. The van der Waals surface area contributed by atoms with E-state index in [4.69, 9.17) is 4.74 Å². The number of methoxy groups -OCH3 is 1. The Bertz CT molecular complexity index is 1490. The van der Waals surface area contributed by atoms with Crippen molar-refractivity contribution in [3.63, 3.8) is 0 Å². The first-order valence-corrected chi connectivity index (χ1v) is 13.5. The number of anilines is 2. The number of benzene rings is 4. The lowest BCUT2D eigenvalue weighted by Gasteiger charge is -2.13. The van der Waals surface area contributed by atoms with Gasteiger partial charge in [-0.05, 0) is 79.2 Å². The standard InChI is InChI=1S/C32H29N3O4S/c1-22(30(36)33-25-13-7-4-8-14-25)40-28-18-16-26(17-19-28)34-32(38)29(21-23-10-9-15-27(20-23)39-2)35-31(37)24-11-5-3-6-12-24/h3-22H,1-2H3,(H,33,36)(H,34,38)(H,35,37)/b29-21-. The third kappa shape index (κ3) is 8.09.